The molecule has 0 saturated carbocycles. The minimum Gasteiger partial charge on any atom is -0.368 e. The first kappa shape index (κ1) is 23.5. The predicted molar refractivity (Wildman–Crippen MR) is 136 cm³/mol. The van der Waals surface area contributed by atoms with Gasteiger partial charge in [-0.15, -0.1) is 0 Å². The van der Waals surface area contributed by atoms with E-state index in [1.165, 1.54) is 23.7 Å². The molecule has 2 saturated heterocycles. The van der Waals surface area contributed by atoms with E-state index < -0.39 is 4.92 Å². The van der Waals surface area contributed by atoms with Gasteiger partial charge in [0.1, 0.15) is 11.9 Å². The average molecular weight is 513 g/mol. The molecule has 2 aliphatic rings. The van der Waals surface area contributed by atoms with E-state index in [9.17, 15) is 14.9 Å². The Labute approximate surface area is 212 Å². The van der Waals surface area contributed by atoms with Crippen molar-refractivity contribution in [1.29, 1.82) is 0 Å². The van der Waals surface area contributed by atoms with Crippen molar-refractivity contribution >= 4 is 45.5 Å². The van der Waals surface area contributed by atoms with E-state index in [2.05, 4.69) is 14.2 Å². The fraction of sp³-hybridized carbons (Fsp3) is 0.375. The lowest BCUT2D eigenvalue weighted by Gasteiger charge is -2.38. The van der Waals surface area contributed by atoms with Gasteiger partial charge in [-0.1, -0.05) is 23.7 Å². The van der Waals surface area contributed by atoms with Gasteiger partial charge in [0.05, 0.1) is 4.92 Å². The van der Waals surface area contributed by atoms with Crippen LogP contribution >= 0.6 is 23.1 Å². The molecule has 0 spiro atoms. The van der Waals surface area contributed by atoms with Crippen molar-refractivity contribution in [1.82, 2.24) is 14.3 Å². The highest BCUT2D eigenvalue weighted by molar-refractivity contribution is 7.09. The van der Waals surface area contributed by atoms with Crippen LogP contribution in [0, 0.1) is 10.1 Å². The van der Waals surface area contributed by atoms with Gasteiger partial charge in [-0.05, 0) is 42.7 Å². The van der Waals surface area contributed by atoms with Crippen molar-refractivity contribution in [2.45, 2.75) is 25.3 Å². The Morgan fingerprint density at radius 3 is 2.46 bits per heavy atom. The van der Waals surface area contributed by atoms with Gasteiger partial charge >= 0.3 is 0 Å². The SMILES string of the molecule is O=C(C1CCCN1c1nc(Cc2ccc(Cl)cc2)ns1)N1CCN(c2ccc([N+](=O)[O-])cc2)CC1. The Bertz CT molecular complexity index is 1190. The number of rotatable bonds is 6. The Kier molecular flexibility index (Phi) is 6.83. The number of hydrogen-bond acceptors (Lipinski definition) is 8. The maximum absolute atomic E-state index is 13.4. The monoisotopic (exact) mass is 512 g/mol. The summed E-state index contributed by atoms with van der Waals surface area (Å²) in [6.45, 7) is 3.44. The fourth-order valence-corrected chi connectivity index (χ4v) is 5.54. The Hall–Kier alpha value is -3.24. The molecule has 0 radical (unpaired) electrons. The van der Waals surface area contributed by atoms with Crippen LogP contribution in [-0.4, -0.2) is 63.9 Å². The van der Waals surface area contributed by atoms with Crippen LogP contribution in [0.25, 0.3) is 0 Å². The highest BCUT2D eigenvalue weighted by atomic mass is 35.5. The van der Waals surface area contributed by atoms with Crippen molar-refractivity contribution in [2.75, 3.05) is 42.5 Å². The van der Waals surface area contributed by atoms with E-state index in [0.717, 1.165) is 41.6 Å². The number of nitro benzene ring substituents is 1. The summed E-state index contributed by atoms with van der Waals surface area (Å²) in [6.07, 6.45) is 2.39. The third kappa shape index (κ3) is 5.23. The number of amides is 1. The number of benzene rings is 2. The van der Waals surface area contributed by atoms with Crippen molar-refractivity contribution in [3.63, 3.8) is 0 Å². The quantitative estimate of drug-likeness (QED) is 0.363. The fourth-order valence-electron chi connectivity index (χ4n) is 4.65. The van der Waals surface area contributed by atoms with Gasteiger partial charge in [0, 0.05) is 73.5 Å². The van der Waals surface area contributed by atoms with Crippen LogP contribution < -0.4 is 9.80 Å². The van der Waals surface area contributed by atoms with Crippen LogP contribution in [0.5, 0.6) is 0 Å². The minimum absolute atomic E-state index is 0.0805. The molecule has 1 unspecified atom stereocenters. The molecule has 1 amide bonds. The molecule has 3 heterocycles. The predicted octanol–water partition coefficient (Wildman–Crippen LogP) is 4.01. The molecule has 2 aromatic carbocycles. The lowest BCUT2D eigenvalue weighted by atomic mass is 10.1. The molecule has 11 heteroatoms. The molecule has 2 fully saturated rings. The molecule has 0 bridgehead atoms. The highest BCUT2D eigenvalue weighted by Crippen LogP contribution is 2.29. The number of nitrogens with zero attached hydrogens (tertiary/aromatic N) is 6. The third-order valence-electron chi connectivity index (χ3n) is 6.53. The number of carbonyl (C=O) groups excluding carboxylic acids is 1. The summed E-state index contributed by atoms with van der Waals surface area (Å²) in [5, 5.41) is 12.4. The first-order chi connectivity index (χ1) is 17.0. The van der Waals surface area contributed by atoms with E-state index in [0.29, 0.717) is 37.6 Å². The first-order valence-electron chi connectivity index (χ1n) is 11.6. The number of carbonyl (C=O) groups is 1. The Balaban J connectivity index is 1.19. The summed E-state index contributed by atoms with van der Waals surface area (Å²) in [5.41, 5.74) is 2.11. The molecular weight excluding hydrogens is 488 g/mol. The maximum atomic E-state index is 13.4. The van der Waals surface area contributed by atoms with Gasteiger partial charge in [-0.3, -0.25) is 14.9 Å². The molecule has 2 aliphatic heterocycles. The first-order valence-corrected chi connectivity index (χ1v) is 12.7. The van der Waals surface area contributed by atoms with Gasteiger partial charge in [0.25, 0.3) is 5.69 Å². The topological polar surface area (TPSA) is 95.7 Å². The van der Waals surface area contributed by atoms with Crippen molar-refractivity contribution in [3.05, 3.63) is 75.1 Å². The zero-order valence-electron chi connectivity index (χ0n) is 19.0. The molecule has 3 aromatic rings. The minimum atomic E-state index is -0.396. The lowest BCUT2D eigenvalue weighted by molar-refractivity contribution is -0.384. The number of non-ortho nitro benzene ring substituents is 1. The van der Waals surface area contributed by atoms with Crippen molar-refractivity contribution < 1.29 is 9.72 Å². The van der Waals surface area contributed by atoms with Crippen LogP contribution in [0.2, 0.25) is 5.02 Å². The van der Waals surface area contributed by atoms with E-state index in [1.807, 2.05) is 29.2 Å². The van der Waals surface area contributed by atoms with Gasteiger partial charge < -0.3 is 14.7 Å². The highest BCUT2D eigenvalue weighted by Gasteiger charge is 2.36. The maximum Gasteiger partial charge on any atom is 0.269 e. The second-order valence-corrected chi connectivity index (χ2v) is 9.90. The van der Waals surface area contributed by atoms with Crippen LogP contribution in [0.15, 0.2) is 48.5 Å². The van der Waals surface area contributed by atoms with Crippen LogP contribution in [0.4, 0.5) is 16.5 Å². The van der Waals surface area contributed by atoms with Gasteiger partial charge in [0.2, 0.25) is 11.0 Å². The van der Waals surface area contributed by atoms with Gasteiger partial charge in [-0.25, -0.2) is 4.98 Å². The summed E-state index contributed by atoms with van der Waals surface area (Å²) in [5.74, 6) is 0.891. The summed E-state index contributed by atoms with van der Waals surface area (Å²) in [7, 11) is 0. The van der Waals surface area contributed by atoms with Crippen LogP contribution in [-0.2, 0) is 11.2 Å². The number of anilines is 2. The summed E-state index contributed by atoms with van der Waals surface area (Å²) in [4.78, 5) is 34.8. The third-order valence-corrected chi connectivity index (χ3v) is 7.58. The molecule has 1 atom stereocenters. The molecule has 5 rings (SSSR count). The molecule has 1 aromatic heterocycles. The number of halogens is 1. The molecular formula is C24H25ClN6O3S. The molecule has 182 valence electrons. The zero-order chi connectivity index (χ0) is 24.4. The normalized spacial score (nSPS) is 18.2. The molecule has 0 N–H and O–H groups in total. The molecule has 35 heavy (non-hydrogen) atoms. The Morgan fingerprint density at radius 1 is 1.06 bits per heavy atom. The van der Waals surface area contributed by atoms with E-state index in [1.54, 1.807) is 12.1 Å². The van der Waals surface area contributed by atoms with Crippen molar-refractivity contribution in [2.24, 2.45) is 0 Å². The number of aromatic nitrogens is 2. The summed E-state index contributed by atoms with van der Waals surface area (Å²) >= 11 is 7.32. The van der Waals surface area contributed by atoms with Crippen molar-refractivity contribution in [3.8, 4) is 0 Å². The smallest absolute Gasteiger partial charge is 0.269 e. The second kappa shape index (κ2) is 10.2. The van der Waals surface area contributed by atoms with Gasteiger partial charge in [-0.2, -0.15) is 4.37 Å². The van der Waals surface area contributed by atoms with Crippen LogP contribution in [0.1, 0.15) is 24.2 Å². The van der Waals surface area contributed by atoms with E-state index in [-0.39, 0.29) is 17.6 Å². The molecule has 9 nitrogen and oxygen atoms in total. The van der Waals surface area contributed by atoms with Gasteiger partial charge in [0.15, 0.2) is 0 Å². The number of piperazine rings is 1. The summed E-state index contributed by atoms with van der Waals surface area (Å²) in [6, 6.07) is 14.0. The standard InChI is InChI=1S/C24H25ClN6O3S/c25-18-5-3-17(4-6-18)16-22-26-24(35-27-22)30-11-1-2-21(30)23(32)29-14-12-28(13-15-29)19-7-9-20(10-8-19)31(33)34/h3-10,21H,1-2,11-16H2. The van der Waals surface area contributed by atoms with E-state index >= 15 is 0 Å². The average Bonchev–Trinajstić information content (AvgIpc) is 3.55. The zero-order valence-corrected chi connectivity index (χ0v) is 20.6. The van der Waals surface area contributed by atoms with Crippen LogP contribution in [0.3, 0.4) is 0 Å². The largest absolute Gasteiger partial charge is 0.368 e. The van der Waals surface area contributed by atoms with E-state index in [4.69, 9.17) is 16.6 Å². The Morgan fingerprint density at radius 2 is 1.77 bits per heavy atom. The number of nitro groups is 1. The number of hydrogen-bond donors (Lipinski definition) is 0. The lowest BCUT2D eigenvalue weighted by Crippen LogP contribution is -2.53. The molecule has 0 aliphatic carbocycles. The second-order valence-electron chi connectivity index (χ2n) is 8.73. The summed E-state index contributed by atoms with van der Waals surface area (Å²) < 4.78 is 4.53.